The van der Waals surface area contributed by atoms with Crippen LogP contribution in [0.4, 0.5) is 0 Å². The highest BCUT2D eigenvalue weighted by molar-refractivity contribution is 7.91. The molecule has 9 heteroatoms. The Hall–Kier alpha value is -1.45. The molecule has 2 N–H and O–H groups in total. The lowest BCUT2D eigenvalue weighted by atomic mass is 10.2. The van der Waals surface area contributed by atoms with Crippen LogP contribution in [0.2, 0.25) is 0 Å². The number of carbonyl (C=O) groups is 1. The first-order valence-electron chi connectivity index (χ1n) is 6.68. The second-order valence-corrected chi connectivity index (χ2v) is 7.42. The Morgan fingerprint density at radius 3 is 2.86 bits per heavy atom. The first-order chi connectivity index (χ1) is 9.89. The molecule has 0 aromatic carbocycles. The number of rotatable bonds is 7. The Morgan fingerprint density at radius 2 is 2.29 bits per heavy atom. The predicted molar refractivity (Wildman–Crippen MR) is 74.4 cm³/mol. The number of aromatic nitrogens is 2. The van der Waals surface area contributed by atoms with E-state index >= 15 is 0 Å². The van der Waals surface area contributed by atoms with E-state index in [-0.39, 0.29) is 30.7 Å². The van der Waals surface area contributed by atoms with Crippen molar-refractivity contribution < 1.29 is 23.4 Å². The van der Waals surface area contributed by atoms with Crippen LogP contribution in [0.3, 0.4) is 0 Å². The molecule has 1 aliphatic rings. The molecule has 1 aromatic rings. The summed E-state index contributed by atoms with van der Waals surface area (Å²) in [4.78, 5) is 12.6. The fourth-order valence-corrected chi connectivity index (χ4v) is 4.26. The summed E-state index contributed by atoms with van der Waals surface area (Å²) in [5.41, 5.74) is 0.800. The molecule has 2 heterocycles. The molecule has 1 saturated heterocycles. The zero-order valence-electron chi connectivity index (χ0n) is 11.6. The quantitative estimate of drug-likeness (QED) is 0.659. The number of aliphatic hydroxyl groups excluding tert-OH is 1. The summed E-state index contributed by atoms with van der Waals surface area (Å²) in [5, 5.41) is 21.9. The largest absolute Gasteiger partial charge is 0.480 e. The number of carboxylic acid groups (broad SMARTS) is 1. The Labute approximate surface area is 122 Å². The highest BCUT2D eigenvalue weighted by Gasteiger charge is 2.33. The van der Waals surface area contributed by atoms with Gasteiger partial charge in [-0.3, -0.25) is 14.4 Å². The average molecular weight is 317 g/mol. The highest BCUT2D eigenvalue weighted by atomic mass is 32.2. The molecule has 0 radical (unpaired) electrons. The molecule has 1 aromatic heterocycles. The Morgan fingerprint density at radius 1 is 1.52 bits per heavy atom. The van der Waals surface area contributed by atoms with Crippen molar-refractivity contribution in [1.29, 1.82) is 0 Å². The summed E-state index contributed by atoms with van der Waals surface area (Å²) in [6.07, 6.45) is 3.79. The Balaban J connectivity index is 2.07. The fraction of sp³-hybridized carbons (Fsp3) is 0.667. The molecule has 0 amide bonds. The number of hydrogen-bond donors (Lipinski definition) is 2. The summed E-state index contributed by atoms with van der Waals surface area (Å²) in [7, 11) is -3.06. The molecule has 0 bridgehead atoms. The number of aliphatic hydroxyl groups is 1. The minimum Gasteiger partial charge on any atom is -0.480 e. The highest BCUT2D eigenvalue weighted by Crippen LogP contribution is 2.19. The molecule has 1 fully saturated rings. The lowest BCUT2D eigenvalue weighted by Crippen LogP contribution is -2.39. The van der Waals surface area contributed by atoms with Crippen molar-refractivity contribution in [3.63, 3.8) is 0 Å². The molecule has 1 aliphatic heterocycles. The van der Waals surface area contributed by atoms with Gasteiger partial charge in [0.15, 0.2) is 9.84 Å². The predicted octanol–water partition coefficient (Wildman–Crippen LogP) is -1.05. The second kappa shape index (κ2) is 6.54. The van der Waals surface area contributed by atoms with E-state index in [0.717, 1.165) is 5.56 Å². The van der Waals surface area contributed by atoms with Gasteiger partial charge in [0.05, 0.1) is 37.4 Å². The van der Waals surface area contributed by atoms with Gasteiger partial charge in [-0.25, -0.2) is 8.42 Å². The molecule has 0 saturated carbocycles. The van der Waals surface area contributed by atoms with Crippen LogP contribution in [0, 0.1) is 0 Å². The standard InChI is InChI=1S/C12H19N3O5S/c16-3-2-15-7-10(5-13-15)6-14(8-12(17)18)11-1-4-21(19,20)9-11/h5,7,11,16H,1-4,6,8-9H2,(H,17,18). The van der Waals surface area contributed by atoms with Gasteiger partial charge in [-0.1, -0.05) is 0 Å². The van der Waals surface area contributed by atoms with E-state index in [1.165, 1.54) is 0 Å². The van der Waals surface area contributed by atoms with Crippen LogP contribution in [-0.4, -0.2) is 70.0 Å². The third kappa shape index (κ3) is 4.51. The van der Waals surface area contributed by atoms with Crippen molar-refractivity contribution in [2.24, 2.45) is 0 Å². The molecular weight excluding hydrogens is 298 g/mol. The molecule has 1 unspecified atom stereocenters. The van der Waals surface area contributed by atoms with Crippen molar-refractivity contribution in [3.05, 3.63) is 18.0 Å². The smallest absolute Gasteiger partial charge is 0.317 e. The molecular formula is C12H19N3O5S. The van der Waals surface area contributed by atoms with Crippen molar-refractivity contribution in [2.45, 2.75) is 25.6 Å². The SMILES string of the molecule is O=C(O)CN(Cc1cnn(CCO)c1)C1CCS(=O)(=O)C1. The lowest BCUT2D eigenvalue weighted by Gasteiger charge is -2.25. The van der Waals surface area contributed by atoms with E-state index in [1.54, 1.807) is 22.0 Å². The van der Waals surface area contributed by atoms with Crippen LogP contribution < -0.4 is 0 Å². The third-order valence-corrected chi connectivity index (χ3v) is 5.21. The van der Waals surface area contributed by atoms with E-state index in [9.17, 15) is 13.2 Å². The topological polar surface area (TPSA) is 113 Å². The van der Waals surface area contributed by atoms with E-state index in [1.807, 2.05) is 0 Å². The average Bonchev–Trinajstić information content (AvgIpc) is 2.95. The summed E-state index contributed by atoms with van der Waals surface area (Å²) < 4.78 is 24.7. The maximum atomic E-state index is 11.6. The first-order valence-corrected chi connectivity index (χ1v) is 8.50. The van der Waals surface area contributed by atoms with E-state index < -0.39 is 15.8 Å². The molecule has 118 valence electrons. The van der Waals surface area contributed by atoms with Crippen LogP contribution in [0.25, 0.3) is 0 Å². The van der Waals surface area contributed by atoms with Crippen LogP contribution in [0.15, 0.2) is 12.4 Å². The van der Waals surface area contributed by atoms with E-state index in [0.29, 0.717) is 19.5 Å². The molecule has 0 aliphatic carbocycles. The Kier molecular flexibility index (Phi) is 4.96. The van der Waals surface area contributed by atoms with Gasteiger partial charge in [-0.2, -0.15) is 5.10 Å². The lowest BCUT2D eigenvalue weighted by molar-refractivity contribution is -0.139. The minimum absolute atomic E-state index is 0.00502. The third-order valence-electron chi connectivity index (χ3n) is 3.46. The first kappa shape index (κ1) is 15.9. The molecule has 21 heavy (non-hydrogen) atoms. The minimum atomic E-state index is -3.06. The summed E-state index contributed by atoms with van der Waals surface area (Å²) >= 11 is 0. The van der Waals surface area contributed by atoms with Gasteiger partial charge in [-0.15, -0.1) is 0 Å². The van der Waals surface area contributed by atoms with Crippen molar-refractivity contribution >= 4 is 15.8 Å². The summed E-state index contributed by atoms with van der Waals surface area (Å²) in [6.45, 7) is 0.473. The van der Waals surface area contributed by atoms with Crippen LogP contribution >= 0.6 is 0 Å². The fourth-order valence-electron chi connectivity index (χ4n) is 2.50. The molecule has 1 atom stereocenters. The molecule has 8 nitrogen and oxygen atoms in total. The van der Waals surface area contributed by atoms with Gasteiger partial charge in [0.25, 0.3) is 0 Å². The van der Waals surface area contributed by atoms with E-state index in [4.69, 9.17) is 10.2 Å². The monoisotopic (exact) mass is 317 g/mol. The second-order valence-electron chi connectivity index (χ2n) is 5.19. The number of nitrogens with zero attached hydrogens (tertiary/aromatic N) is 3. The van der Waals surface area contributed by atoms with Crippen LogP contribution in [0.1, 0.15) is 12.0 Å². The van der Waals surface area contributed by atoms with Gasteiger partial charge in [0.1, 0.15) is 0 Å². The normalized spacial score (nSPS) is 21.0. The van der Waals surface area contributed by atoms with Crippen LogP contribution in [0.5, 0.6) is 0 Å². The maximum absolute atomic E-state index is 11.6. The van der Waals surface area contributed by atoms with Crippen molar-refractivity contribution in [2.75, 3.05) is 24.7 Å². The number of sulfone groups is 1. The molecule has 0 spiro atoms. The summed E-state index contributed by atoms with van der Waals surface area (Å²) in [5.74, 6) is -0.871. The number of hydrogen-bond acceptors (Lipinski definition) is 6. The van der Waals surface area contributed by atoms with Gasteiger partial charge in [0.2, 0.25) is 0 Å². The van der Waals surface area contributed by atoms with Crippen molar-refractivity contribution in [1.82, 2.24) is 14.7 Å². The summed E-state index contributed by atoms with van der Waals surface area (Å²) in [6, 6.07) is -0.271. The van der Waals surface area contributed by atoms with Gasteiger partial charge < -0.3 is 10.2 Å². The van der Waals surface area contributed by atoms with Gasteiger partial charge in [0, 0.05) is 24.3 Å². The van der Waals surface area contributed by atoms with Crippen molar-refractivity contribution in [3.8, 4) is 0 Å². The Bertz CT molecular complexity index is 598. The van der Waals surface area contributed by atoms with E-state index in [2.05, 4.69) is 5.10 Å². The van der Waals surface area contributed by atoms with Gasteiger partial charge in [-0.05, 0) is 6.42 Å². The zero-order valence-corrected chi connectivity index (χ0v) is 12.4. The zero-order chi connectivity index (χ0) is 15.5. The van der Waals surface area contributed by atoms with Gasteiger partial charge >= 0.3 is 5.97 Å². The van der Waals surface area contributed by atoms with Crippen LogP contribution in [-0.2, 0) is 27.7 Å². The number of aliphatic carboxylic acids is 1. The molecule has 2 rings (SSSR count). The maximum Gasteiger partial charge on any atom is 0.317 e. The number of carboxylic acids is 1.